The van der Waals surface area contributed by atoms with Crippen LogP contribution in [-0.2, 0) is 11.3 Å². The lowest BCUT2D eigenvalue weighted by molar-refractivity contribution is -0.147. The smallest absolute Gasteiger partial charge is 0.310 e. The van der Waals surface area contributed by atoms with Crippen LogP contribution in [0.5, 0.6) is 5.75 Å². The molecule has 0 bridgehead atoms. The number of carboxylic acids is 1. The van der Waals surface area contributed by atoms with Crippen molar-refractivity contribution in [1.29, 1.82) is 0 Å². The summed E-state index contributed by atoms with van der Waals surface area (Å²) in [5.74, 6) is 0.963. The molecular formula is C20H29NO3. The van der Waals surface area contributed by atoms with E-state index in [4.69, 9.17) is 4.74 Å². The number of aliphatic carboxylic acids is 1. The second kappa shape index (κ2) is 7.56. The largest absolute Gasteiger partial charge is 0.493 e. The number of hydrogen-bond donors (Lipinski definition) is 1. The third kappa shape index (κ3) is 4.29. The molecule has 4 nitrogen and oxygen atoms in total. The molecule has 3 rings (SSSR count). The van der Waals surface area contributed by atoms with Crippen LogP contribution in [0.1, 0.15) is 51.0 Å². The summed E-state index contributed by atoms with van der Waals surface area (Å²) in [5.41, 5.74) is 0.598. The molecule has 1 heterocycles. The van der Waals surface area contributed by atoms with Gasteiger partial charge < -0.3 is 9.84 Å². The van der Waals surface area contributed by atoms with E-state index in [1.54, 1.807) is 0 Å². The Balaban J connectivity index is 1.53. The summed E-state index contributed by atoms with van der Waals surface area (Å²) in [6.07, 6.45) is 7.36. The number of likely N-dealkylation sites (tertiary alicyclic amines) is 1. The average molecular weight is 331 g/mol. The van der Waals surface area contributed by atoms with E-state index < -0.39 is 11.4 Å². The highest BCUT2D eigenvalue weighted by Gasteiger charge is 2.40. The van der Waals surface area contributed by atoms with Crippen molar-refractivity contribution < 1.29 is 14.6 Å². The molecule has 1 unspecified atom stereocenters. The van der Waals surface area contributed by atoms with Crippen LogP contribution in [0, 0.1) is 11.3 Å². The second-order valence-corrected chi connectivity index (χ2v) is 7.79. The van der Waals surface area contributed by atoms with E-state index in [-0.39, 0.29) is 0 Å². The third-order valence-electron chi connectivity index (χ3n) is 5.58. The van der Waals surface area contributed by atoms with E-state index in [1.165, 1.54) is 37.7 Å². The summed E-state index contributed by atoms with van der Waals surface area (Å²) in [7, 11) is 0. The highest BCUT2D eigenvalue weighted by atomic mass is 16.5. The number of ether oxygens (including phenoxy) is 1. The zero-order valence-electron chi connectivity index (χ0n) is 14.7. The van der Waals surface area contributed by atoms with Crippen LogP contribution in [0.3, 0.4) is 0 Å². The Morgan fingerprint density at radius 2 is 2.12 bits per heavy atom. The summed E-state index contributed by atoms with van der Waals surface area (Å²) in [4.78, 5) is 13.6. The molecular weight excluding hydrogens is 302 g/mol. The van der Waals surface area contributed by atoms with Crippen LogP contribution in [0.15, 0.2) is 24.3 Å². The molecule has 1 N–H and O–H groups in total. The predicted octanol–water partition coefficient (Wildman–Crippen LogP) is 3.94. The quantitative estimate of drug-likeness (QED) is 0.858. The molecule has 0 radical (unpaired) electrons. The summed E-state index contributed by atoms with van der Waals surface area (Å²) in [5, 5.41) is 9.35. The molecule has 1 saturated carbocycles. The van der Waals surface area contributed by atoms with Crippen molar-refractivity contribution in [2.75, 3.05) is 19.7 Å². The second-order valence-electron chi connectivity index (χ2n) is 7.79. The van der Waals surface area contributed by atoms with E-state index in [0.717, 1.165) is 31.9 Å². The molecule has 1 aromatic rings. The van der Waals surface area contributed by atoms with E-state index >= 15 is 0 Å². The number of carbonyl (C=O) groups is 1. The van der Waals surface area contributed by atoms with Crippen LogP contribution >= 0.6 is 0 Å². The number of hydrogen-bond acceptors (Lipinski definition) is 3. The lowest BCUT2D eigenvalue weighted by Gasteiger charge is -2.22. The molecule has 0 amide bonds. The van der Waals surface area contributed by atoms with E-state index in [1.807, 2.05) is 19.1 Å². The van der Waals surface area contributed by atoms with E-state index in [0.29, 0.717) is 12.5 Å². The topological polar surface area (TPSA) is 49.8 Å². The van der Waals surface area contributed by atoms with Gasteiger partial charge in [-0.2, -0.15) is 0 Å². The Morgan fingerprint density at radius 3 is 2.83 bits per heavy atom. The lowest BCUT2D eigenvalue weighted by Crippen LogP contribution is -2.31. The van der Waals surface area contributed by atoms with Crippen molar-refractivity contribution in [2.24, 2.45) is 11.3 Å². The molecule has 1 atom stereocenters. The fourth-order valence-electron chi connectivity index (χ4n) is 3.93. The van der Waals surface area contributed by atoms with Crippen molar-refractivity contribution in [3.63, 3.8) is 0 Å². The van der Waals surface area contributed by atoms with Gasteiger partial charge in [-0.1, -0.05) is 31.4 Å². The van der Waals surface area contributed by atoms with Crippen molar-refractivity contribution >= 4 is 5.97 Å². The summed E-state index contributed by atoms with van der Waals surface area (Å²) in [6.45, 7) is 4.93. The Bertz CT molecular complexity index is 568. The van der Waals surface area contributed by atoms with Crippen molar-refractivity contribution in [1.82, 2.24) is 4.90 Å². The van der Waals surface area contributed by atoms with Gasteiger partial charge in [0.2, 0.25) is 0 Å². The van der Waals surface area contributed by atoms with Gasteiger partial charge in [0.05, 0.1) is 12.0 Å². The molecule has 1 aromatic carbocycles. The highest BCUT2D eigenvalue weighted by Crippen LogP contribution is 2.31. The average Bonchev–Trinajstić information content (AvgIpc) is 2.97. The van der Waals surface area contributed by atoms with Crippen molar-refractivity contribution in [3.05, 3.63) is 29.8 Å². The fourth-order valence-corrected chi connectivity index (χ4v) is 3.93. The normalized spacial score (nSPS) is 25.7. The van der Waals surface area contributed by atoms with Gasteiger partial charge in [0.15, 0.2) is 0 Å². The Labute approximate surface area is 144 Å². The Morgan fingerprint density at radius 1 is 1.33 bits per heavy atom. The Kier molecular flexibility index (Phi) is 5.44. The highest BCUT2D eigenvalue weighted by molar-refractivity contribution is 5.74. The first kappa shape index (κ1) is 17.3. The van der Waals surface area contributed by atoms with Gasteiger partial charge in [0, 0.05) is 13.1 Å². The van der Waals surface area contributed by atoms with Crippen LogP contribution in [-0.4, -0.2) is 35.7 Å². The third-order valence-corrected chi connectivity index (χ3v) is 5.58. The summed E-state index contributed by atoms with van der Waals surface area (Å²) in [6, 6.07) is 8.28. The van der Waals surface area contributed by atoms with E-state index in [2.05, 4.69) is 17.0 Å². The van der Waals surface area contributed by atoms with Gasteiger partial charge in [-0.15, -0.1) is 0 Å². The number of rotatable bonds is 6. The minimum atomic E-state index is -0.686. The monoisotopic (exact) mass is 331 g/mol. The number of nitrogens with zero attached hydrogens (tertiary/aromatic N) is 1. The summed E-state index contributed by atoms with van der Waals surface area (Å²) < 4.78 is 6.02. The molecule has 132 valence electrons. The van der Waals surface area contributed by atoms with Gasteiger partial charge in [-0.05, 0) is 56.3 Å². The minimum Gasteiger partial charge on any atom is -0.493 e. The van der Waals surface area contributed by atoms with Gasteiger partial charge in [-0.3, -0.25) is 9.69 Å². The lowest BCUT2D eigenvalue weighted by atomic mass is 9.90. The zero-order chi connectivity index (χ0) is 17.0. The molecule has 2 aliphatic rings. The number of benzene rings is 1. The molecule has 1 aliphatic heterocycles. The van der Waals surface area contributed by atoms with Gasteiger partial charge in [-0.25, -0.2) is 0 Å². The van der Waals surface area contributed by atoms with E-state index in [9.17, 15) is 9.90 Å². The van der Waals surface area contributed by atoms with Gasteiger partial charge in [0.1, 0.15) is 5.75 Å². The molecule has 0 spiro atoms. The number of carboxylic acid groups (broad SMARTS) is 1. The maximum atomic E-state index is 11.4. The predicted molar refractivity (Wildman–Crippen MR) is 94.1 cm³/mol. The van der Waals surface area contributed by atoms with Crippen molar-refractivity contribution in [3.8, 4) is 5.75 Å². The van der Waals surface area contributed by atoms with Crippen LogP contribution in [0.25, 0.3) is 0 Å². The molecule has 0 aromatic heterocycles. The Hall–Kier alpha value is -1.55. The maximum Gasteiger partial charge on any atom is 0.310 e. The fraction of sp³-hybridized carbons (Fsp3) is 0.650. The van der Waals surface area contributed by atoms with Crippen LogP contribution in [0.4, 0.5) is 0 Å². The first-order valence-corrected chi connectivity index (χ1v) is 9.23. The van der Waals surface area contributed by atoms with Crippen LogP contribution < -0.4 is 4.74 Å². The standard InChI is InChI=1S/C20H29NO3/c1-20(19(22)23)10-11-21(15-20)13-17-8-5-9-18(12-17)24-14-16-6-3-2-4-7-16/h5,8-9,12,16H,2-4,6-7,10-11,13-15H2,1H3,(H,22,23). The SMILES string of the molecule is CC1(C(=O)O)CCN(Cc2cccc(OCC3CCCCC3)c2)C1. The molecule has 4 heteroatoms. The first-order valence-electron chi connectivity index (χ1n) is 9.23. The first-order chi connectivity index (χ1) is 11.5. The molecule has 24 heavy (non-hydrogen) atoms. The van der Waals surface area contributed by atoms with Gasteiger partial charge in [0.25, 0.3) is 0 Å². The summed E-state index contributed by atoms with van der Waals surface area (Å²) >= 11 is 0. The minimum absolute atomic E-state index is 0.602. The zero-order valence-corrected chi connectivity index (χ0v) is 14.7. The van der Waals surface area contributed by atoms with Crippen molar-refractivity contribution in [2.45, 2.75) is 52.0 Å². The maximum absolute atomic E-state index is 11.4. The molecule has 2 fully saturated rings. The molecule has 1 aliphatic carbocycles. The molecule has 1 saturated heterocycles. The van der Waals surface area contributed by atoms with Crippen LogP contribution in [0.2, 0.25) is 0 Å². The van der Waals surface area contributed by atoms with Gasteiger partial charge >= 0.3 is 5.97 Å².